The highest BCUT2D eigenvalue weighted by Crippen LogP contribution is 2.28. The molecule has 0 radical (unpaired) electrons. The van der Waals surface area contributed by atoms with Crippen LogP contribution in [0.3, 0.4) is 0 Å². The van der Waals surface area contributed by atoms with Crippen LogP contribution in [-0.2, 0) is 11.4 Å². The van der Waals surface area contributed by atoms with Crippen LogP contribution in [0.2, 0.25) is 0 Å². The molecule has 0 aliphatic carbocycles. The molecular formula is C22H27ClN2O3. The third-order valence-corrected chi connectivity index (χ3v) is 5.28. The topological polar surface area (TPSA) is 59.6 Å². The summed E-state index contributed by atoms with van der Waals surface area (Å²) < 4.78 is 11.6. The van der Waals surface area contributed by atoms with Crippen LogP contribution in [0.1, 0.15) is 31.2 Å². The number of piperidine rings is 1. The van der Waals surface area contributed by atoms with Crippen LogP contribution in [0.5, 0.6) is 11.5 Å². The van der Waals surface area contributed by atoms with Crippen molar-refractivity contribution in [1.82, 2.24) is 10.6 Å². The summed E-state index contributed by atoms with van der Waals surface area (Å²) in [5, 5.41) is 6.71. The molecule has 0 saturated carbocycles. The number of para-hydroxylation sites is 2. The normalized spacial score (nSPS) is 22.8. The lowest BCUT2D eigenvalue weighted by Gasteiger charge is -2.29. The Labute approximate surface area is 172 Å². The van der Waals surface area contributed by atoms with Crippen LogP contribution in [0.15, 0.2) is 54.6 Å². The lowest BCUT2D eigenvalue weighted by Crippen LogP contribution is -2.48. The highest BCUT2D eigenvalue weighted by molar-refractivity contribution is 5.85. The molecule has 0 spiro atoms. The van der Waals surface area contributed by atoms with Gasteiger partial charge in [-0.1, -0.05) is 42.5 Å². The highest BCUT2D eigenvalue weighted by atomic mass is 35.5. The molecule has 2 heterocycles. The lowest BCUT2D eigenvalue weighted by atomic mass is 10.00. The standard InChI is InChI=1S/C22H26N2O3.ClH/c25-22(24-19-12-17-10-11-18(13-19)23-17)15-27-21-9-5-4-8-20(21)26-14-16-6-2-1-3-7-16;/h1-9,17-19,23H,10-15H2,(H,24,25);1H. The number of hydrogen-bond acceptors (Lipinski definition) is 4. The summed E-state index contributed by atoms with van der Waals surface area (Å²) >= 11 is 0. The molecule has 1 amide bonds. The van der Waals surface area contributed by atoms with Crippen molar-refractivity contribution in [1.29, 1.82) is 0 Å². The number of hydrogen-bond donors (Lipinski definition) is 2. The Hall–Kier alpha value is -2.24. The SMILES string of the molecule is Cl.O=C(COc1ccccc1OCc1ccccc1)NC1CC2CCC(C1)N2. The van der Waals surface area contributed by atoms with Gasteiger partial charge < -0.3 is 20.1 Å². The molecule has 28 heavy (non-hydrogen) atoms. The van der Waals surface area contributed by atoms with Gasteiger partial charge in [0, 0.05) is 18.1 Å². The van der Waals surface area contributed by atoms with Gasteiger partial charge in [-0.3, -0.25) is 4.79 Å². The second-order valence-electron chi connectivity index (χ2n) is 7.38. The quantitative estimate of drug-likeness (QED) is 0.744. The van der Waals surface area contributed by atoms with E-state index in [0.29, 0.717) is 30.2 Å². The van der Waals surface area contributed by atoms with Crippen LogP contribution in [0.25, 0.3) is 0 Å². The molecule has 0 aromatic heterocycles. The van der Waals surface area contributed by atoms with E-state index in [1.165, 1.54) is 12.8 Å². The smallest absolute Gasteiger partial charge is 0.258 e. The minimum Gasteiger partial charge on any atom is -0.485 e. The number of nitrogens with one attached hydrogen (secondary N) is 2. The van der Waals surface area contributed by atoms with Gasteiger partial charge in [-0.25, -0.2) is 0 Å². The number of carbonyl (C=O) groups excluding carboxylic acids is 1. The van der Waals surface area contributed by atoms with E-state index >= 15 is 0 Å². The summed E-state index contributed by atoms with van der Waals surface area (Å²) in [5.74, 6) is 1.17. The molecule has 150 valence electrons. The summed E-state index contributed by atoms with van der Waals surface area (Å²) in [6, 6.07) is 18.8. The molecule has 2 bridgehead atoms. The number of rotatable bonds is 7. The van der Waals surface area contributed by atoms with Gasteiger partial charge in [0.15, 0.2) is 18.1 Å². The van der Waals surface area contributed by atoms with Crippen LogP contribution in [0, 0.1) is 0 Å². The van der Waals surface area contributed by atoms with Gasteiger partial charge in [0.2, 0.25) is 0 Å². The predicted molar refractivity (Wildman–Crippen MR) is 111 cm³/mol. The van der Waals surface area contributed by atoms with Gasteiger partial charge in [-0.15, -0.1) is 12.4 Å². The molecule has 2 aliphatic rings. The number of halogens is 1. The minimum absolute atomic E-state index is 0. The Kier molecular flexibility index (Phi) is 7.18. The third-order valence-electron chi connectivity index (χ3n) is 5.28. The Morgan fingerprint density at radius 2 is 1.54 bits per heavy atom. The van der Waals surface area contributed by atoms with Gasteiger partial charge in [0.25, 0.3) is 5.91 Å². The summed E-state index contributed by atoms with van der Waals surface area (Å²) in [5.41, 5.74) is 1.09. The first-order valence-corrected chi connectivity index (χ1v) is 9.70. The molecule has 2 atom stereocenters. The van der Waals surface area contributed by atoms with Crippen molar-refractivity contribution in [2.75, 3.05) is 6.61 Å². The molecule has 2 N–H and O–H groups in total. The predicted octanol–water partition coefficient (Wildman–Crippen LogP) is 3.47. The van der Waals surface area contributed by atoms with Crippen LogP contribution < -0.4 is 20.1 Å². The number of carbonyl (C=O) groups is 1. The maximum Gasteiger partial charge on any atom is 0.258 e. The Morgan fingerprint density at radius 3 is 2.21 bits per heavy atom. The molecular weight excluding hydrogens is 376 g/mol. The second-order valence-corrected chi connectivity index (χ2v) is 7.38. The zero-order valence-electron chi connectivity index (χ0n) is 15.8. The first-order valence-electron chi connectivity index (χ1n) is 9.70. The van der Waals surface area contributed by atoms with E-state index < -0.39 is 0 Å². The van der Waals surface area contributed by atoms with Gasteiger partial charge in [-0.2, -0.15) is 0 Å². The Bertz CT molecular complexity index is 759. The number of fused-ring (bicyclic) bond motifs is 2. The number of benzene rings is 2. The largest absolute Gasteiger partial charge is 0.485 e. The van der Waals surface area contributed by atoms with E-state index in [0.717, 1.165) is 18.4 Å². The summed E-state index contributed by atoms with van der Waals surface area (Å²) in [6.07, 6.45) is 4.47. The van der Waals surface area contributed by atoms with Crippen LogP contribution in [-0.4, -0.2) is 30.6 Å². The van der Waals surface area contributed by atoms with Crippen molar-refractivity contribution in [2.45, 2.75) is 50.4 Å². The second kappa shape index (κ2) is 9.80. The lowest BCUT2D eigenvalue weighted by molar-refractivity contribution is -0.124. The van der Waals surface area contributed by atoms with Crippen molar-refractivity contribution >= 4 is 18.3 Å². The van der Waals surface area contributed by atoms with Gasteiger partial charge >= 0.3 is 0 Å². The van der Waals surface area contributed by atoms with E-state index in [2.05, 4.69) is 10.6 Å². The molecule has 4 rings (SSSR count). The molecule has 2 aromatic carbocycles. The third kappa shape index (κ3) is 5.40. The van der Waals surface area contributed by atoms with Crippen molar-refractivity contribution in [2.24, 2.45) is 0 Å². The Morgan fingerprint density at radius 1 is 0.929 bits per heavy atom. The van der Waals surface area contributed by atoms with E-state index in [-0.39, 0.29) is 31.0 Å². The zero-order chi connectivity index (χ0) is 18.5. The van der Waals surface area contributed by atoms with Crippen molar-refractivity contribution in [3.8, 4) is 11.5 Å². The Balaban J connectivity index is 0.00000225. The van der Waals surface area contributed by atoms with Crippen molar-refractivity contribution in [3.63, 3.8) is 0 Å². The van der Waals surface area contributed by atoms with Gasteiger partial charge in [-0.05, 0) is 43.4 Å². The summed E-state index contributed by atoms with van der Waals surface area (Å²) in [4.78, 5) is 12.3. The average Bonchev–Trinajstić information content (AvgIpc) is 3.04. The van der Waals surface area contributed by atoms with Gasteiger partial charge in [0.05, 0.1) is 0 Å². The monoisotopic (exact) mass is 402 g/mol. The van der Waals surface area contributed by atoms with Crippen LogP contribution in [0.4, 0.5) is 0 Å². The van der Waals surface area contributed by atoms with Gasteiger partial charge in [0.1, 0.15) is 6.61 Å². The van der Waals surface area contributed by atoms with E-state index in [1.54, 1.807) is 0 Å². The van der Waals surface area contributed by atoms with E-state index in [9.17, 15) is 4.79 Å². The van der Waals surface area contributed by atoms with Crippen molar-refractivity contribution in [3.05, 3.63) is 60.2 Å². The first-order chi connectivity index (χ1) is 13.3. The number of amides is 1. The summed E-state index contributed by atoms with van der Waals surface area (Å²) in [7, 11) is 0. The molecule has 2 aromatic rings. The van der Waals surface area contributed by atoms with Crippen LogP contribution >= 0.6 is 12.4 Å². The minimum atomic E-state index is -0.0702. The summed E-state index contributed by atoms with van der Waals surface area (Å²) in [6.45, 7) is 0.468. The maximum absolute atomic E-state index is 12.3. The van der Waals surface area contributed by atoms with E-state index in [1.807, 2.05) is 54.6 Å². The molecule has 2 unspecified atom stereocenters. The van der Waals surface area contributed by atoms with Crippen molar-refractivity contribution < 1.29 is 14.3 Å². The zero-order valence-corrected chi connectivity index (χ0v) is 16.6. The maximum atomic E-state index is 12.3. The molecule has 2 saturated heterocycles. The fraction of sp³-hybridized carbons (Fsp3) is 0.409. The first kappa shape index (κ1) is 20.5. The fourth-order valence-corrected chi connectivity index (χ4v) is 4.01. The average molecular weight is 403 g/mol. The fourth-order valence-electron chi connectivity index (χ4n) is 4.01. The molecule has 5 nitrogen and oxygen atoms in total. The highest BCUT2D eigenvalue weighted by Gasteiger charge is 2.33. The molecule has 2 fully saturated rings. The molecule has 2 aliphatic heterocycles. The van der Waals surface area contributed by atoms with E-state index in [4.69, 9.17) is 9.47 Å². The number of ether oxygens (including phenoxy) is 2. The molecule has 6 heteroatoms.